The Labute approximate surface area is 127 Å². The van der Waals surface area contributed by atoms with Crippen LogP contribution in [0.1, 0.15) is 91.9 Å². The van der Waals surface area contributed by atoms with Gasteiger partial charge in [-0.05, 0) is 55.8 Å². The maximum Gasteiger partial charge on any atom is 0.00952 e. The van der Waals surface area contributed by atoms with E-state index in [1.807, 2.05) is 0 Å². The Hall–Kier alpha value is -0.0400. The number of nitrogens with one attached hydrogen (secondary N) is 1. The first-order valence-corrected chi connectivity index (χ1v) is 9.23. The molecule has 2 saturated carbocycles. The molecule has 1 heteroatoms. The third-order valence-corrected chi connectivity index (χ3v) is 6.00. The fourth-order valence-corrected chi connectivity index (χ4v) is 4.38. The molecule has 4 atom stereocenters. The van der Waals surface area contributed by atoms with Crippen LogP contribution in [0.3, 0.4) is 0 Å². The quantitative estimate of drug-likeness (QED) is 0.654. The van der Waals surface area contributed by atoms with Crippen molar-refractivity contribution in [2.24, 2.45) is 17.3 Å². The molecule has 0 heterocycles. The molecule has 4 unspecified atom stereocenters. The molecule has 0 aromatic heterocycles. The first kappa shape index (κ1) is 16.3. The molecule has 2 fully saturated rings. The van der Waals surface area contributed by atoms with E-state index < -0.39 is 0 Å². The van der Waals surface area contributed by atoms with Crippen molar-refractivity contribution in [1.29, 1.82) is 0 Å². The SMILES string of the molecule is CC1CCCCCC1NC1CCCC(C(C)(C)C)CC1. The van der Waals surface area contributed by atoms with Gasteiger partial charge >= 0.3 is 0 Å². The van der Waals surface area contributed by atoms with Gasteiger partial charge in [-0.15, -0.1) is 0 Å². The van der Waals surface area contributed by atoms with Crippen molar-refractivity contribution in [2.75, 3.05) is 0 Å². The summed E-state index contributed by atoms with van der Waals surface area (Å²) in [7, 11) is 0. The Bertz CT molecular complexity index is 278. The Morgan fingerprint density at radius 3 is 2.25 bits per heavy atom. The smallest absolute Gasteiger partial charge is 0.00952 e. The average molecular weight is 280 g/mol. The first-order chi connectivity index (χ1) is 9.47. The molecule has 1 nitrogen and oxygen atoms in total. The van der Waals surface area contributed by atoms with Crippen molar-refractivity contribution in [3.63, 3.8) is 0 Å². The van der Waals surface area contributed by atoms with Gasteiger partial charge in [0.1, 0.15) is 0 Å². The fraction of sp³-hybridized carbons (Fsp3) is 1.00. The first-order valence-electron chi connectivity index (χ1n) is 9.23. The summed E-state index contributed by atoms with van der Waals surface area (Å²) in [6.07, 6.45) is 14.3. The highest BCUT2D eigenvalue weighted by molar-refractivity contribution is 4.85. The predicted octanol–water partition coefficient (Wildman–Crippen LogP) is 5.54. The molecule has 0 spiro atoms. The van der Waals surface area contributed by atoms with Crippen molar-refractivity contribution in [2.45, 2.75) is 104 Å². The van der Waals surface area contributed by atoms with Gasteiger partial charge in [0, 0.05) is 12.1 Å². The molecule has 0 bridgehead atoms. The van der Waals surface area contributed by atoms with Crippen LogP contribution in [-0.4, -0.2) is 12.1 Å². The van der Waals surface area contributed by atoms with E-state index in [2.05, 4.69) is 33.0 Å². The molecular weight excluding hydrogens is 242 g/mol. The molecule has 2 aliphatic rings. The van der Waals surface area contributed by atoms with Gasteiger partial charge in [-0.25, -0.2) is 0 Å². The van der Waals surface area contributed by atoms with Crippen LogP contribution < -0.4 is 5.32 Å². The summed E-state index contributed by atoms with van der Waals surface area (Å²) in [4.78, 5) is 0. The van der Waals surface area contributed by atoms with Gasteiger partial charge in [-0.3, -0.25) is 0 Å². The minimum atomic E-state index is 0.504. The zero-order valence-corrected chi connectivity index (χ0v) is 14.4. The summed E-state index contributed by atoms with van der Waals surface area (Å²) in [5.74, 6) is 1.82. The standard InChI is InChI=1S/C19H37N/c1-15-9-6-5-7-12-18(15)20-17-11-8-10-16(13-14-17)19(2,3)4/h15-18,20H,5-14H2,1-4H3. The van der Waals surface area contributed by atoms with Gasteiger partial charge in [0.05, 0.1) is 0 Å². The predicted molar refractivity (Wildman–Crippen MR) is 89.0 cm³/mol. The summed E-state index contributed by atoms with van der Waals surface area (Å²) in [6.45, 7) is 9.76. The lowest BCUT2D eigenvalue weighted by Crippen LogP contribution is -2.41. The van der Waals surface area contributed by atoms with Crippen molar-refractivity contribution in [1.82, 2.24) is 5.32 Å². The highest BCUT2D eigenvalue weighted by Gasteiger charge is 2.29. The van der Waals surface area contributed by atoms with Gasteiger partial charge in [0.25, 0.3) is 0 Å². The van der Waals surface area contributed by atoms with Crippen LogP contribution in [0, 0.1) is 17.3 Å². The second kappa shape index (κ2) is 7.29. The molecule has 2 aliphatic carbocycles. The molecule has 0 radical (unpaired) electrons. The second-order valence-corrected chi connectivity index (χ2v) is 8.66. The summed E-state index contributed by atoms with van der Waals surface area (Å²) >= 11 is 0. The summed E-state index contributed by atoms with van der Waals surface area (Å²) in [5, 5.41) is 4.06. The Morgan fingerprint density at radius 1 is 0.750 bits per heavy atom. The molecule has 0 amide bonds. The molecular formula is C19H37N. The molecule has 118 valence electrons. The largest absolute Gasteiger partial charge is 0.311 e. The monoisotopic (exact) mass is 279 g/mol. The lowest BCUT2D eigenvalue weighted by molar-refractivity contribution is 0.212. The third kappa shape index (κ3) is 4.76. The number of rotatable bonds is 2. The van der Waals surface area contributed by atoms with E-state index in [1.165, 1.54) is 64.2 Å². The molecule has 0 saturated heterocycles. The minimum Gasteiger partial charge on any atom is -0.311 e. The molecule has 0 aliphatic heterocycles. The van der Waals surface area contributed by atoms with Crippen LogP contribution in [-0.2, 0) is 0 Å². The average Bonchev–Trinajstić information content (AvgIpc) is 2.71. The molecule has 2 rings (SSSR count). The Balaban J connectivity index is 1.84. The van der Waals surface area contributed by atoms with Gasteiger partial charge < -0.3 is 5.32 Å². The van der Waals surface area contributed by atoms with Crippen LogP contribution in [0.25, 0.3) is 0 Å². The Morgan fingerprint density at radius 2 is 1.50 bits per heavy atom. The van der Waals surface area contributed by atoms with E-state index in [-0.39, 0.29) is 0 Å². The lowest BCUT2D eigenvalue weighted by atomic mass is 9.76. The zero-order chi connectivity index (χ0) is 14.6. The van der Waals surface area contributed by atoms with Crippen molar-refractivity contribution in [3.05, 3.63) is 0 Å². The van der Waals surface area contributed by atoms with Gasteiger partial charge in [-0.2, -0.15) is 0 Å². The minimum absolute atomic E-state index is 0.504. The molecule has 20 heavy (non-hydrogen) atoms. The number of hydrogen-bond acceptors (Lipinski definition) is 1. The van der Waals surface area contributed by atoms with E-state index in [9.17, 15) is 0 Å². The van der Waals surface area contributed by atoms with E-state index >= 15 is 0 Å². The maximum atomic E-state index is 4.06. The topological polar surface area (TPSA) is 12.0 Å². The van der Waals surface area contributed by atoms with E-state index in [4.69, 9.17) is 0 Å². The molecule has 0 aromatic carbocycles. The normalized spacial score (nSPS) is 37.2. The van der Waals surface area contributed by atoms with Gasteiger partial charge in [0.2, 0.25) is 0 Å². The highest BCUT2D eigenvalue weighted by atomic mass is 15.0. The van der Waals surface area contributed by atoms with Crippen LogP contribution in [0.4, 0.5) is 0 Å². The summed E-state index contributed by atoms with van der Waals surface area (Å²) in [5.41, 5.74) is 0.504. The third-order valence-electron chi connectivity index (χ3n) is 6.00. The van der Waals surface area contributed by atoms with Crippen LogP contribution in [0.5, 0.6) is 0 Å². The summed E-state index contributed by atoms with van der Waals surface area (Å²) < 4.78 is 0. The van der Waals surface area contributed by atoms with Crippen LogP contribution in [0.2, 0.25) is 0 Å². The van der Waals surface area contributed by atoms with E-state index in [1.54, 1.807) is 0 Å². The summed E-state index contributed by atoms with van der Waals surface area (Å²) in [6, 6.07) is 1.60. The Kier molecular flexibility index (Phi) is 5.95. The molecule has 1 N–H and O–H groups in total. The van der Waals surface area contributed by atoms with Crippen molar-refractivity contribution < 1.29 is 0 Å². The maximum absolute atomic E-state index is 4.06. The second-order valence-electron chi connectivity index (χ2n) is 8.66. The van der Waals surface area contributed by atoms with E-state index in [0.29, 0.717) is 5.41 Å². The van der Waals surface area contributed by atoms with Crippen molar-refractivity contribution >= 4 is 0 Å². The van der Waals surface area contributed by atoms with E-state index in [0.717, 1.165) is 23.9 Å². The molecule has 0 aromatic rings. The highest BCUT2D eigenvalue weighted by Crippen LogP contribution is 2.37. The van der Waals surface area contributed by atoms with Gasteiger partial charge in [0.15, 0.2) is 0 Å². The van der Waals surface area contributed by atoms with Crippen molar-refractivity contribution in [3.8, 4) is 0 Å². The van der Waals surface area contributed by atoms with Gasteiger partial charge in [-0.1, -0.05) is 53.4 Å². The number of hydrogen-bond donors (Lipinski definition) is 1. The van der Waals surface area contributed by atoms with Crippen LogP contribution in [0.15, 0.2) is 0 Å². The van der Waals surface area contributed by atoms with Crippen LogP contribution >= 0.6 is 0 Å². The zero-order valence-electron chi connectivity index (χ0n) is 14.4. The lowest BCUT2D eigenvalue weighted by Gasteiger charge is -2.30. The fourth-order valence-electron chi connectivity index (χ4n) is 4.38.